The third-order valence-corrected chi connectivity index (χ3v) is 4.49. The highest BCUT2D eigenvalue weighted by molar-refractivity contribution is 6.06. The summed E-state index contributed by atoms with van der Waals surface area (Å²) < 4.78 is 15.6. The summed E-state index contributed by atoms with van der Waals surface area (Å²) in [6.07, 6.45) is 0.312. The van der Waals surface area contributed by atoms with Crippen molar-refractivity contribution in [2.24, 2.45) is 0 Å². The maximum atomic E-state index is 12.7. The lowest BCUT2D eigenvalue weighted by atomic mass is 9.99. The van der Waals surface area contributed by atoms with Crippen molar-refractivity contribution in [1.82, 2.24) is 10.2 Å². The van der Waals surface area contributed by atoms with E-state index in [1.165, 1.54) is 6.26 Å². The fourth-order valence-electron chi connectivity index (χ4n) is 2.95. The van der Waals surface area contributed by atoms with Gasteiger partial charge in [0.05, 0.1) is 25.0 Å². The number of esters is 1. The molecule has 0 bridgehead atoms. The van der Waals surface area contributed by atoms with E-state index >= 15 is 0 Å². The van der Waals surface area contributed by atoms with E-state index in [9.17, 15) is 19.5 Å². The quantitative estimate of drug-likeness (QED) is 0.509. The number of imide groups is 1. The lowest BCUT2D eigenvalue weighted by Crippen LogP contribution is -2.42. The van der Waals surface area contributed by atoms with Gasteiger partial charge in [-0.15, -0.1) is 0 Å². The van der Waals surface area contributed by atoms with Gasteiger partial charge in [0, 0.05) is 0 Å². The fourth-order valence-corrected chi connectivity index (χ4v) is 2.95. The molecular formula is C20H22N2O7. The number of nitrogens with one attached hydrogen (secondary N) is 1. The first-order chi connectivity index (χ1) is 13.8. The van der Waals surface area contributed by atoms with Crippen molar-refractivity contribution in [2.75, 3.05) is 19.8 Å². The van der Waals surface area contributed by atoms with Crippen LogP contribution >= 0.6 is 0 Å². The molecule has 2 atom stereocenters. The zero-order valence-electron chi connectivity index (χ0n) is 16.1. The van der Waals surface area contributed by atoms with Crippen LogP contribution in [0.25, 0.3) is 0 Å². The Morgan fingerprint density at radius 1 is 1.28 bits per heavy atom. The number of amides is 3. The number of hydrogen-bond acceptors (Lipinski definition) is 7. The topological polar surface area (TPSA) is 118 Å². The fraction of sp³-hybridized carbons (Fsp3) is 0.350. The van der Waals surface area contributed by atoms with Crippen molar-refractivity contribution in [1.29, 1.82) is 0 Å². The van der Waals surface area contributed by atoms with Crippen LogP contribution in [0.3, 0.4) is 0 Å². The number of nitrogens with zero attached hydrogens (tertiary/aromatic N) is 1. The Morgan fingerprint density at radius 3 is 2.62 bits per heavy atom. The molecule has 2 heterocycles. The van der Waals surface area contributed by atoms with E-state index < -0.39 is 29.6 Å². The third-order valence-electron chi connectivity index (χ3n) is 4.49. The van der Waals surface area contributed by atoms with Gasteiger partial charge in [-0.05, 0) is 50.2 Å². The summed E-state index contributed by atoms with van der Waals surface area (Å²) in [5, 5.41) is 12.8. The van der Waals surface area contributed by atoms with Crippen molar-refractivity contribution in [3.8, 4) is 5.75 Å². The number of hydrogen-bond donors (Lipinski definition) is 2. The minimum atomic E-state index is -1.32. The van der Waals surface area contributed by atoms with Crippen LogP contribution in [0.4, 0.5) is 4.79 Å². The van der Waals surface area contributed by atoms with Gasteiger partial charge in [-0.1, -0.05) is 0 Å². The first-order valence-electron chi connectivity index (χ1n) is 9.11. The average molecular weight is 402 g/mol. The highest BCUT2D eigenvalue weighted by Crippen LogP contribution is 2.29. The second-order valence-electron chi connectivity index (χ2n) is 6.66. The molecule has 0 unspecified atom stereocenters. The molecule has 1 fully saturated rings. The lowest BCUT2D eigenvalue weighted by molar-refractivity contribution is -0.132. The molecule has 1 aromatic carbocycles. The molecule has 0 spiro atoms. The van der Waals surface area contributed by atoms with E-state index in [0.29, 0.717) is 17.1 Å². The number of benzene rings is 1. The third kappa shape index (κ3) is 4.24. The number of aliphatic hydroxyl groups excluding tert-OH is 1. The molecule has 3 amide bonds. The standard InChI is InChI=1S/C20H22N2O7/c1-3-27-17(24)13-6-8-15(9-7-13)29-12-14(23)11-22-18(25)20(2,21-19(22)26)16-5-4-10-28-16/h4-10,14,23H,3,11-12H2,1-2H3,(H,21,26)/t14-,20-/m1/s1. The van der Waals surface area contributed by atoms with Gasteiger partial charge in [-0.2, -0.15) is 0 Å². The van der Waals surface area contributed by atoms with Crippen molar-refractivity contribution >= 4 is 17.9 Å². The van der Waals surface area contributed by atoms with Crippen molar-refractivity contribution in [3.63, 3.8) is 0 Å². The van der Waals surface area contributed by atoms with E-state index in [2.05, 4.69) is 5.32 Å². The summed E-state index contributed by atoms with van der Waals surface area (Å²) in [6, 6.07) is 8.84. The van der Waals surface area contributed by atoms with Crippen molar-refractivity contribution in [2.45, 2.75) is 25.5 Å². The predicted molar refractivity (Wildman–Crippen MR) is 100 cm³/mol. The van der Waals surface area contributed by atoms with Crippen LogP contribution in [0.5, 0.6) is 5.75 Å². The van der Waals surface area contributed by atoms with Gasteiger partial charge >= 0.3 is 12.0 Å². The van der Waals surface area contributed by atoms with Crippen LogP contribution in [-0.2, 0) is 15.1 Å². The number of aliphatic hydroxyl groups is 1. The van der Waals surface area contributed by atoms with Gasteiger partial charge in [0.1, 0.15) is 24.2 Å². The molecule has 9 nitrogen and oxygen atoms in total. The van der Waals surface area contributed by atoms with E-state index in [1.54, 1.807) is 50.2 Å². The second kappa shape index (κ2) is 8.36. The molecule has 29 heavy (non-hydrogen) atoms. The molecule has 1 aromatic heterocycles. The molecule has 0 saturated carbocycles. The van der Waals surface area contributed by atoms with Gasteiger partial charge in [-0.25, -0.2) is 9.59 Å². The Labute approximate surface area is 167 Å². The van der Waals surface area contributed by atoms with E-state index in [1.807, 2.05) is 0 Å². The summed E-state index contributed by atoms with van der Waals surface area (Å²) in [7, 11) is 0. The molecular weight excluding hydrogens is 380 g/mol. The smallest absolute Gasteiger partial charge is 0.338 e. The van der Waals surface area contributed by atoms with Crippen molar-refractivity contribution in [3.05, 3.63) is 54.0 Å². The van der Waals surface area contributed by atoms with Gasteiger partial charge in [0.2, 0.25) is 0 Å². The molecule has 2 aromatic rings. The summed E-state index contributed by atoms with van der Waals surface area (Å²) >= 11 is 0. The Bertz CT molecular complexity index is 879. The molecule has 2 N–H and O–H groups in total. The Morgan fingerprint density at radius 2 is 2.00 bits per heavy atom. The predicted octanol–water partition coefficient (Wildman–Crippen LogP) is 1.66. The Hall–Kier alpha value is -3.33. The lowest BCUT2D eigenvalue weighted by Gasteiger charge is -2.20. The first-order valence-corrected chi connectivity index (χ1v) is 9.11. The van der Waals surface area contributed by atoms with Crippen LogP contribution in [0.2, 0.25) is 0 Å². The summed E-state index contributed by atoms with van der Waals surface area (Å²) in [5.41, 5.74) is -0.930. The van der Waals surface area contributed by atoms with Gasteiger partial charge in [-0.3, -0.25) is 9.69 Å². The zero-order valence-corrected chi connectivity index (χ0v) is 16.1. The SMILES string of the molecule is CCOC(=O)c1ccc(OC[C@H](O)CN2C(=O)N[C@](C)(c3ccco3)C2=O)cc1. The number of ether oxygens (including phenoxy) is 2. The molecule has 0 aliphatic carbocycles. The maximum absolute atomic E-state index is 12.7. The number of urea groups is 1. The molecule has 0 radical (unpaired) electrons. The number of carbonyl (C=O) groups is 3. The second-order valence-corrected chi connectivity index (χ2v) is 6.66. The molecule has 3 rings (SSSR count). The van der Waals surface area contributed by atoms with E-state index in [-0.39, 0.29) is 19.8 Å². The molecule has 9 heteroatoms. The largest absolute Gasteiger partial charge is 0.491 e. The molecule has 1 aliphatic heterocycles. The van der Waals surface area contributed by atoms with Crippen LogP contribution in [-0.4, -0.2) is 53.8 Å². The average Bonchev–Trinajstić information content (AvgIpc) is 3.32. The van der Waals surface area contributed by atoms with Gasteiger partial charge in [0.25, 0.3) is 5.91 Å². The number of furan rings is 1. The van der Waals surface area contributed by atoms with E-state index in [4.69, 9.17) is 13.9 Å². The van der Waals surface area contributed by atoms with Crippen LogP contribution < -0.4 is 10.1 Å². The Balaban J connectivity index is 1.55. The van der Waals surface area contributed by atoms with Crippen LogP contribution in [0.15, 0.2) is 47.1 Å². The normalized spacial score (nSPS) is 19.8. The highest BCUT2D eigenvalue weighted by atomic mass is 16.5. The maximum Gasteiger partial charge on any atom is 0.338 e. The minimum Gasteiger partial charge on any atom is -0.491 e. The van der Waals surface area contributed by atoms with Gasteiger partial charge in [0.15, 0.2) is 5.54 Å². The van der Waals surface area contributed by atoms with E-state index in [0.717, 1.165) is 4.90 Å². The van der Waals surface area contributed by atoms with Crippen molar-refractivity contribution < 1.29 is 33.4 Å². The summed E-state index contributed by atoms with van der Waals surface area (Å²) in [4.78, 5) is 37.5. The molecule has 154 valence electrons. The van der Waals surface area contributed by atoms with Crippen LogP contribution in [0.1, 0.15) is 30.0 Å². The number of rotatable bonds is 8. The van der Waals surface area contributed by atoms with Crippen LogP contribution in [0, 0.1) is 0 Å². The minimum absolute atomic E-state index is 0.146. The molecule has 1 aliphatic rings. The number of carbonyl (C=O) groups excluding carboxylic acids is 3. The zero-order chi connectivity index (χ0) is 21.0. The monoisotopic (exact) mass is 402 g/mol. The number of β-amino-alcohol motifs (C(OH)–C–C–N with tert-alkyl or cyclic N) is 1. The summed E-state index contributed by atoms with van der Waals surface area (Å²) in [5.74, 6) is -0.215. The Kier molecular flexibility index (Phi) is 5.88. The van der Waals surface area contributed by atoms with Gasteiger partial charge < -0.3 is 24.3 Å². The molecule has 1 saturated heterocycles. The summed E-state index contributed by atoms with van der Waals surface area (Å²) in [6.45, 7) is 3.17. The first kappa shape index (κ1) is 20.4. The highest BCUT2D eigenvalue weighted by Gasteiger charge is 2.51.